The number of carbonyl (C=O) groups excluding carboxylic acids is 2. The second-order valence-corrected chi connectivity index (χ2v) is 8.32. The molecule has 5 aliphatic rings. The molecule has 5 fully saturated rings. The van der Waals surface area contributed by atoms with Crippen molar-refractivity contribution in [3.05, 3.63) is 0 Å². The van der Waals surface area contributed by atoms with E-state index in [1.165, 1.54) is 0 Å². The zero-order valence-electron chi connectivity index (χ0n) is 10.3. The highest BCUT2D eigenvalue weighted by atomic mass is 127. The first-order valence-corrected chi connectivity index (χ1v) is 8.37. The average Bonchev–Trinajstić information content (AvgIpc) is 3.10. The fourth-order valence-electron chi connectivity index (χ4n) is 6.80. The Bertz CT molecular complexity index is 463. The Balaban J connectivity index is 1.87. The molecule has 19 heavy (non-hydrogen) atoms. The van der Waals surface area contributed by atoms with Crippen molar-refractivity contribution in [3.8, 4) is 0 Å². The molecule has 0 aromatic rings. The van der Waals surface area contributed by atoms with Gasteiger partial charge in [0.15, 0.2) is 0 Å². The van der Waals surface area contributed by atoms with Gasteiger partial charge in [0.1, 0.15) is 6.17 Å². The van der Waals surface area contributed by atoms with Crippen molar-refractivity contribution in [2.24, 2.45) is 34.5 Å². The van der Waals surface area contributed by atoms with E-state index in [0.29, 0.717) is 3.92 Å². The zero-order chi connectivity index (χ0) is 13.2. The molecule has 0 radical (unpaired) electrons. The molecule has 1 aliphatic heterocycles. The van der Waals surface area contributed by atoms with Crippen molar-refractivity contribution in [3.63, 3.8) is 0 Å². The third kappa shape index (κ3) is 0.794. The Morgan fingerprint density at radius 3 is 1.84 bits per heavy atom. The normalized spacial score (nSPS) is 64.5. The predicted octanol–water partition coefficient (Wildman–Crippen LogP) is 2.26. The summed E-state index contributed by atoms with van der Waals surface area (Å²) in [6.45, 7) is 0. The van der Waals surface area contributed by atoms with Gasteiger partial charge in [-0.2, -0.15) is 0 Å². The quantitative estimate of drug-likeness (QED) is 0.282. The maximum Gasteiger partial charge on any atom is 0.321 e. The maximum absolute atomic E-state index is 14.7. The molecule has 5 heteroatoms. The smallest absolute Gasteiger partial charge is 0.321 e. The Morgan fingerprint density at radius 1 is 0.947 bits per heavy atom. The standard InChI is InChI=1S/C14H14FIO3/c15-9-5-1-2-6(9)14-8-4-3-7(10(8)16)13(5,14)11(17)19-12(14)18/h5-10H,1-4H2. The third-order valence-corrected chi connectivity index (χ3v) is 8.74. The molecule has 4 saturated carbocycles. The molecule has 4 aliphatic carbocycles. The van der Waals surface area contributed by atoms with Crippen LogP contribution in [0.3, 0.4) is 0 Å². The number of fused-ring (bicyclic) bond motifs is 4. The first-order chi connectivity index (χ1) is 9.07. The number of hydrogen-bond donors (Lipinski definition) is 0. The summed E-state index contributed by atoms with van der Waals surface area (Å²) in [6, 6.07) is 0. The lowest BCUT2D eigenvalue weighted by molar-refractivity contribution is -0.159. The number of rotatable bonds is 0. The summed E-state index contributed by atoms with van der Waals surface area (Å²) in [5.74, 6) is -0.980. The Labute approximate surface area is 123 Å². The van der Waals surface area contributed by atoms with E-state index in [4.69, 9.17) is 4.74 Å². The number of alkyl halides is 2. The molecular weight excluding hydrogens is 362 g/mol. The van der Waals surface area contributed by atoms with Gasteiger partial charge in [0.2, 0.25) is 0 Å². The Hall–Kier alpha value is -0.200. The summed E-state index contributed by atoms with van der Waals surface area (Å²) < 4.78 is 20.1. The van der Waals surface area contributed by atoms with Crippen LogP contribution >= 0.6 is 22.6 Å². The van der Waals surface area contributed by atoms with E-state index in [1.54, 1.807) is 0 Å². The van der Waals surface area contributed by atoms with Gasteiger partial charge in [-0.25, -0.2) is 4.39 Å². The molecule has 1 saturated heterocycles. The lowest BCUT2D eigenvalue weighted by Crippen LogP contribution is -2.53. The second kappa shape index (κ2) is 3.02. The van der Waals surface area contributed by atoms with Gasteiger partial charge in [0.05, 0.1) is 10.8 Å². The molecule has 0 spiro atoms. The Morgan fingerprint density at radius 2 is 1.37 bits per heavy atom. The van der Waals surface area contributed by atoms with Gasteiger partial charge in [0, 0.05) is 15.8 Å². The molecular formula is C14H14FIO3. The largest absolute Gasteiger partial charge is 0.392 e. The monoisotopic (exact) mass is 376 g/mol. The van der Waals surface area contributed by atoms with Crippen LogP contribution in [0.5, 0.6) is 0 Å². The Kier molecular flexibility index (Phi) is 1.82. The fraction of sp³-hybridized carbons (Fsp3) is 0.857. The fourth-order valence-corrected chi connectivity index (χ4v) is 8.66. The van der Waals surface area contributed by atoms with Gasteiger partial charge < -0.3 is 4.74 Å². The van der Waals surface area contributed by atoms with Gasteiger partial charge in [-0.3, -0.25) is 9.59 Å². The van der Waals surface area contributed by atoms with E-state index < -0.39 is 17.0 Å². The molecule has 102 valence electrons. The predicted molar refractivity (Wildman–Crippen MR) is 71.1 cm³/mol. The molecule has 6 atom stereocenters. The van der Waals surface area contributed by atoms with Crippen LogP contribution in [0, 0.1) is 34.5 Å². The van der Waals surface area contributed by atoms with Crippen LogP contribution < -0.4 is 0 Å². The number of cyclic esters (lactones) is 2. The topological polar surface area (TPSA) is 43.4 Å². The number of ether oxygens (including phenoxy) is 1. The zero-order valence-corrected chi connectivity index (χ0v) is 12.4. The highest BCUT2D eigenvalue weighted by molar-refractivity contribution is 14.1. The van der Waals surface area contributed by atoms with Crippen LogP contribution in [0.25, 0.3) is 0 Å². The summed E-state index contributed by atoms with van der Waals surface area (Å²) in [5.41, 5.74) is -1.58. The molecule has 0 aromatic heterocycles. The lowest BCUT2D eigenvalue weighted by Gasteiger charge is -2.45. The molecule has 0 N–H and O–H groups in total. The highest BCUT2D eigenvalue weighted by Gasteiger charge is 2.91. The van der Waals surface area contributed by atoms with E-state index in [0.717, 1.165) is 25.7 Å². The van der Waals surface area contributed by atoms with Crippen molar-refractivity contribution in [2.75, 3.05) is 0 Å². The number of esters is 2. The summed E-state index contributed by atoms with van der Waals surface area (Å²) in [6.07, 6.45) is 2.45. The summed E-state index contributed by atoms with van der Waals surface area (Å²) in [4.78, 5) is 25.0. The number of halogens is 2. The van der Waals surface area contributed by atoms with Crippen molar-refractivity contribution in [2.45, 2.75) is 35.8 Å². The van der Waals surface area contributed by atoms with Gasteiger partial charge in [-0.1, -0.05) is 22.6 Å². The van der Waals surface area contributed by atoms with E-state index in [9.17, 15) is 14.0 Å². The van der Waals surface area contributed by atoms with Crippen LogP contribution in [-0.4, -0.2) is 22.0 Å². The van der Waals surface area contributed by atoms with Crippen LogP contribution in [0.1, 0.15) is 25.7 Å². The summed E-state index contributed by atoms with van der Waals surface area (Å²) in [7, 11) is 0. The van der Waals surface area contributed by atoms with Crippen molar-refractivity contribution in [1.82, 2.24) is 0 Å². The summed E-state index contributed by atoms with van der Waals surface area (Å²) in [5, 5.41) is 0. The van der Waals surface area contributed by atoms with Gasteiger partial charge in [0.25, 0.3) is 0 Å². The van der Waals surface area contributed by atoms with E-state index in [2.05, 4.69) is 22.6 Å². The van der Waals surface area contributed by atoms with Crippen molar-refractivity contribution in [1.29, 1.82) is 0 Å². The molecule has 1 heterocycles. The lowest BCUT2D eigenvalue weighted by atomic mass is 9.51. The van der Waals surface area contributed by atoms with Crippen molar-refractivity contribution >= 4 is 34.5 Å². The van der Waals surface area contributed by atoms with Crippen LogP contribution in [-0.2, 0) is 14.3 Å². The molecule has 5 rings (SSSR count). The minimum atomic E-state index is -0.969. The first-order valence-electron chi connectivity index (χ1n) is 7.12. The first kappa shape index (κ1) is 11.5. The average molecular weight is 376 g/mol. The maximum atomic E-state index is 14.7. The van der Waals surface area contributed by atoms with E-state index >= 15 is 0 Å². The number of hydrogen-bond acceptors (Lipinski definition) is 3. The second-order valence-electron chi connectivity index (χ2n) is 6.88. The van der Waals surface area contributed by atoms with Gasteiger partial charge in [-0.15, -0.1) is 0 Å². The molecule has 4 bridgehead atoms. The van der Waals surface area contributed by atoms with Crippen LogP contribution in [0.2, 0.25) is 0 Å². The number of carbonyl (C=O) groups is 2. The van der Waals surface area contributed by atoms with E-state index in [1.807, 2.05) is 0 Å². The molecule has 3 nitrogen and oxygen atoms in total. The molecule has 0 amide bonds. The molecule has 6 unspecified atom stereocenters. The van der Waals surface area contributed by atoms with Gasteiger partial charge in [-0.05, 0) is 37.5 Å². The molecule has 0 aromatic carbocycles. The van der Waals surface area contributed by atoms with E-state index in [-0.39, 0.29) is 35.6 Å². The van der Waals surface area contributed by atoms with Crippen LogP contribution in [0.15, 0.2) is 0 Å². The van der Waals surface area contributed by atoms with Gasteiger partial charge >= 0.3 is 11.9 Å². The third-order valence-electron chi connectivity index (χ3n) is 7.00. The van der Waals surface area contributed by atoms with Crippen molar-refractivity contribution < 1.29 is 18.7 Å². The minimum Gasteiger partial charge on any atom is -0.392 e. The minimum absolute atomic E-state index is 0.158. The SMILES string of the molecule is O=C1OC(=O)C23C4CCC(C4F)C12C1CCC3C1I. The highest BCUT2D eigenvalue weighted by Crippen LogP contribution is 2.84. The van der Waals surface area contributed by atoms with Crippen LogP contribution in [0.4, 0.5) is 4.39 Å². The summed E-state index contributed by atoms with van der Waals surface area (Å²) >= 11 is 2.40.